The Labute approximate surface area is 164 Å². The summed E-state index contributed by atoms with van der Waals surface area (Å²) in [6, 6.07) is 6.20. The second-order valence-corrected chi connectivity index (χ2v) is 7.54. The number of carbonyl (C=O) groups is 3. The minimum Gasteiger partial charge on any atom is -0.444 e. The molecule has 0 aliphatic carbocycles. The Morgan fingerprint density at radius 2 is 1.93 bits per heavy atom. The fourth-order valence-corrected chi connectivity index (χ4v) is 2.62. The van der Waals surface area contributed by atoms with E-state index >= 15 is 0 Å². The highest BCUT2D eigenvalue weighted by Gasteiger charge is 2.23. The monoisotopic (exact) mass is 386 g/mol. The lowest BCUT2D eigenvalue weighted by molar-refractivity contribution is -0.120. The van der Waals surface area contributed by atoms with Crippen LogP contribution in [0.25, 0.3) is 0 Å². The molecule has 0 saturated carbocycles. The van der Waals surface area contributed by atoms with Gasteiger partial charge in [0.25, 0.3) is 5.91 Å². The van der Waals surface area contributed by atoms with E-state index in [9.17, 15) is 14.4 Å². The molecule has 0 saturated heterocycles. The van der Waals surface area contributed by atoms with Gasteiger partial charge in [0.15, 0.2) is 5.78 Å². The van der Waals surface area contributed by atoms with Gasteiger partial charge in [0, 0.05) is 18.1 Å². The average Bonchev–Trinajstić information content (AvgIpc) is 3.05. The summed E-state index contributed by atoms with van der Waals surface area (Å²) < 4.78 is 5.17. The highest BCUT2D eigenvalue weighted by atomic mass is 16.6. The van der Waals surface area contributed by atoms with Crippen molar-refractivity contribution in [1.82, 2.24) is 15.5 Å². The first-order valence-electron chi connectivity index (χ1n) is 8.98. The summed E-state index contributed by atoms with van der Waals surface area (Å²) in [5.41, 5.74) is 1.10. The van der Waals surface area contributed by atoms with E-state index in [4.69, 9.17) is 4.74 Å². The van der Waals surface area contributed by atoms with Crippen LogP contribution in [-0.4, -0.2) is 39.6 Å². The van der Waals surface area contributed by atoms with Crippen LogP contribution in [0.1, 0.15) is 49.2 Å². The Balaban J connectivity index is 2.10. The fourth-order valence-electron chi connectivity index (χ4n) is 2.62. The van der Waals surface area contributed by atoms with E-state index in [0.717, 1.165) is 5.56 Å². The molecule has 1 aromatic carbocycles. The standard InChI is InChI=1S/C20H26N4O4/c1-12-7-6-8-14(17(12)18(26)23-16-9-10-21-24-16)11-15(25)13(2)22-19(27)28-20(3,4)5/h6-10,13H,11H2,1-5H3,(H,22,27)(H2,21,23,24,26)/t13-/m0/s1. The van der Waals surface area contributed by atoms with Crippen molar-refractivity contribution in [3.8, 4) is 0 Å². The maximum Gasteiger partial charge on any atom is 0.408 e. The zero-order valence-electron chi connectivity index (χ0n) is 16.8. The van der Waals surface area contributed by atoms with E-state index in [1.807, 2.05) is 0 Å². The number of aromatic amines is 1. The van der Waals surface area contributed by atoms with Gasteiger partial charge in [0.2, 0.25) is 0 Å². The number of anilines is 1. The van der Waals surface area contributed by atoms with Crippen molar-refractivity contribution in [2.24, 2.45) is 0 Å². The van der Waals surface area contributed by atoms with Crippen molar-refractivity contribution in [3.63, 3.8) is 0 Å². The molecule has 8 nitrogen and oxygen atoms in total. The number of ketones is 1. The van der Waals surface area contributed by atoms with Crippen LogP contribution in [0.15, 0.2) is 30.5 Å². The summed E-state index contributed by atoms with van der Waals surface area (Å²) in [6.45, 7) is 8.63. The molecule has 8 heteroatoms. The summed E-state index contributed by atoms with van der Waals surface area (Å²) >= 11 is 0. The number of hydrogen-bond donors (Lipinski definition) is 3. The third kappa shape index (κ3) is 5.94. The van der Waals surface area contributed by atoms with Gasteiger partial charge in [-0.05, 0) is 45.7 Å². The summed E-state index contributed by atoms with van der Waals surface area (Å²) in [7, 11) is 0. The number of hydrogen-bond acceptors (Lipinski definition) is 5. The maximum atomic E-state index is 12.7. The molecule has 1 atom stereocenters. The molecule has 0 bridgehead atoms. The van der Waals surface area contributed by atoms with Gasteiger partial charge in [-0.1, -0.05) is 18.2 Å². The van der Waals surface area contributed by atoms with Crippen molar-refractivity contribution in [3.05, 3.63) is 47.2 Å². The summed E-state index contributed by atoms with van der Waals surface area (Å²) in [5.74, 6) is -0.101. The lowest BCUT2D eigenvalue weighted by atomic mass is 9.95. The molecule has 3 N–H and O–H groups in total. The molecule has 2 rings (SSSR count). The van der Waals surface area contributed by atoms with E-state index in [2.05, 4.69) is 20.8 Å². The molecule has 1 aromatic heterocycles. The van der Waals surface area contributed by atoms with Crippen LogP contribution in [0.4, 0.5) is 10.6 Å². The number of rotatable bonds is 6. The van der Waals surface area contributed by atoms with Gasteiger partial charge in [-0.3, -0.25) is 14.7 Å². The van der Waals surface area contributed by atoms with Crippen molar-refractivity contribution in [2.75, 3.05) is 5.32 Å². The van der Waals surface area contributed by atoms with Crippen molar-refractivity contribution in [2.45, 2.75) is 52.7 Å². The Bertz CT molecular complexity index is 854. The molecule has 0 radical (unpaired) electrons. The molecule has 28 heavy (non-hydrogen) atoms. The first-order chi connectivity index (χ1) is 13.1. The predicted octanol–water partition coefficient (Wildman–Crippen LogP) is 3.00. The Morgan fingerprint density at radius 1 is 1.21 bits per heavy atom. The van der Waals surface area contributed by atoms with Crippen LogP contribution < -0.4 is 10.6 Å². The van der Waals surface area contributed by atoms with E-state index in [0.29, 0.717) is 16.9 Å². The van der Waals surface area contributed by atoms with Gasteiger partial charge in [0.1, 0.15) is 11.4 Å². The first-order valence-corrected chi connectivity index (χ1v) is 8.98. The maximum absolute atomic E-state index is 12.7. The molecule has 2 aromatic rings. The van der Waals surface area contributed by atoms with Crippen LogP contribution >= 0.6 is 0 Å². The van der Waals surface area contributed by atoms with Crippen LogP contribution in [0.5, 0.6) is 0 Å². The van der Waals surface area contributed by atoms with Crippen molar-refractivity contribution in [1.29, 1.82) is 0 Å². The minimum absolute atomic E-state index is 0.00434. The molecular formula is C20H26N4O4. The van der Waals surface area contributed by atoms with Crippen LogP contribution in [-0.2, 0) is 16.0 Å². The van der Waals surface area contributed by atoms with E-state index in [1.165, 1.54) is 6.20 Å². The largest absolute Gasteiger partial charge is 0.444 e. The number of amides is 2. The van der Waals surface area contributed by atoms with Gasteiger partial charge in [0.05, 0.1) is 12.2 Å². The normalized spacial score (nSPS) is 12.2. The molecule has 0 aliphatic rings. The van der Waals surface area contributed by atoms with E-state index in [-0.39, 0.29) is 18.1 Å². The van der Waals surface area contributed by atoms with Gasteiger partial charge >= 0.3 is 6.09 Å². The second-order valence-electron chi connectivity index (χ2n) is 7.54. The molecular weight excluding hydrogens is 360 g/mol. The zero-order chi connectivity index (χ0) is 20.9. The van der Waals surface area contributed by atoms with Crippen LogP contribution in [0.3, 0.4) is 0 Å². The first kappa shape index (κ1) is 21.1. The quantitative estimate of drug-likeness (QED) is 0.706. The topological polar surface area (TPSA) is 113 Å². The molecule has 150 valence electrons. The Hall–Kier alpha value is -3.16. The number of ether oxygens (including phenoxy) is 1. The lowest BCUT2D eigenvalue weighted by Crippen LogP contribution is -2.42. The summed E-state index contributed by atoms with van der Waals surface area (Å²) in [6.07, 6.45) is 0.876. The number of Topliss-reactive ketones (excluding diaryl/α,β-unsaturated/α-hetero) is 1. The SMILES string of the molecule is Cc1cccc(CC(=O)[C@H](C)NC(=O)OC(C)(C)C)c1C(=O)Nc1ccn[nH]1. The van der Waals surface area contributed by atoms with Crippen molar-refractivity contribution < 1.29 is 19.1 Å². The van der Waals surface area contributed by atoms with Gasteiger partial charge in [-0.15, -0.1) is 0 Å². The van der Waals surface area contributed by atoms with Gasteiger partial charge in [-0.25, -0.2) is 4.79 Å². The van der Waals surface area contributed by atoms with Gasteiger partial charge < -0.3 is 15.4 Å². The zero-order valence-corrected chi connectivity index (χ0v) is 16.8. The Morgan fingerprint density at radius 3 is 2.54 bits per heavy atom. The third-order valence-electron chi connectivity index (χ3n) is 3.92. The number of carbonyl (C=O) groups excluding carboxylic acids is 3. The summed E-state index contributed by atoms with van der Waals surface area (Å²) in [5, 5.41) is 11.7. The lowest BCUT2D eigenvalue weighted by Gasteiger charge is -2.21. The number of benzene rings is 1. The number of nitrogens with one attached hydrogen (secondary N) is 3. The molecule has 0 fully saturated rings. The number of H-pyrrole nitrogens is 1. The van der Waals surface area contributed by atoms with E-state index < -0.39 is 17.7 Å². The molecule has 1 heterocycles. The predicted molar refractivity (Wildman–Crippen MR) is 105 cm³/mol. The second kappa shape index (κ2) is 8.69. The van der Waals surface area contributed by atoms with Crippen LogP contribution in [0.2, 0.25) is 0 Å². The minimum atomic E-state index is -0.751. The van der Waals surface area contributed by atoms with Crippen molar-refractivity contribution >= 4 is 23.6 Å². The number of aromatic nitrogens is 2. The number of aryl methyl sites for hydroxylation is 1. The average molecular weight is 386 g/mol. The number of nitrogens with zero attached hydrogens (tertiary/aromatic N) is 1. The van der Waals surface area contributed by atoms with Crippen LogP contribution in [0, 0.1) is 6.92 Å². The Kier molecular flexibility index (Phi) is 6.56. The highest BCUT2D eigenvalue weighted by Crippen LogP contribution is 2.18. The van der Waals surface area contributed by atoms with E-state index in [1.54, 1.807) is 58.9 Å². The fraction of sp³-hybridized carbons (Fsp3) is 0.400. The molecule has 0 spiro atoms. The summed E-state index contributed by atoms with van der Waals surface area (Å²) in [4.78, 5) is 37.2. The highest BCUT2D eigenvalue weighted by molar-refractivity contribution is 6.06. The third-order valence-corrected chi connectivity index (χ3v) is 3.92. The molecule has 0 aliphatic heterocycles. The molecule has 0 unspecified atom stereocenters. The molecule has 2 amide bonds. The number of alkyl carbamates (subject to hydrolysis) is 1. The van der Waals surface area contributed by atoms with Gasteiger partial charge in [-0.2, -0.15) is 5.10 Å². The smallest absolute Gasteiger partial charge is 0.408 e.